The minimum Gasteiger partial charge on any atom is -0.368 e. The first kappa shape index (κ1) is 16.9. The van der Waals surface area contributed by atoms with E-state index < -0.39 is 22.2 Å². The lowest BCUT2D eigenvalue weighted by Crippen LogP contribution is -2.53. The summed E-state index contributed by atoms with van der Waals surface area (Å²) in [6.07, 6.45) is 0. The number of carbonyl (C=O) groups excluding carboxylic acids is 1. The number of piperazine rings is 1. The van der Waals surface area contributed by atoms with Gasteiger partial charge in [-0.2, -0.15) is 17.0 Å². The molecule has 122 valence electrons. The van der Waals surface area contributed by atoms with Crippen molar-refractivity contribution in [1.29, 1.82) is 0 Å². The Kier molecular flexibility index (Phi) is 5.17. The Bertz CT molecular complexity index is 610. The predicted molar refractivity (Wildman–Crippen MR) is 84.1 cm³/mol. The average Bonchev–Trinajstić information content (AvgIpc) is 2.48. The van der Waals surface area contributed by atoms with Gasteiger partial charge in [-0.25, -0.2) is 0 Å². The molecule has 1 aromatic rings. The standard InChI is InChI=1S/C14H22N4O3S/c1-16(2)22(20,21)18-10-8-17(9-11-18)13(14(15)19)12-6-4-3-5-7-12/h3-7,13H,8-11H2,1-2H3,(H2,15,19)/t13-/m1/s1. The highest BCUT2D eigenvalue weighted by molar-refractivity contribution is 7.86. The molecule has 22 heavy (non-hydrogen) atoms. The zero-order valence-electron chi connectivity index (χ0n) is 12.8. The van der Waals surface area contributed by atoms with E-state index in [2.05, 4.69) is 0 Å². The molecular formula is C14H22N4O3S. The minimum absolute atomic E-state index is 0.344. The molecule has 0 aromatic heterocycles. The van der Waals surface area contributed by atoms with Gasteiger partial charge in [0.15, 0.2) is 0 Å². The van der Waals surface area contributed by atoms with E-state index in [-0.39, 0.29) is 0 Å². The first-order valence-corrected chi connectivity index (χ1v) is 8.49. The topological polar surface area (TPSA) is 87.0 Å². The molecule has 1 fully saturated rings. The van der Waals surface area contributed by atoms with Crippen molar-refractivity contribution in [2.24, 2.45) is 5.73 Å². The van der Waals surface area contributed by atoms with Gasteiger partial charge in [-0.1, -0.05) is 30.3 Å². The SMILES string of the molecule is CN(C)S(=O)(=O)N1CCN([C@@H](C(N)=O)c2ccccc2)CC1. The maximum absolute atomic E-state index is 12.1. The molecule has 1 aliphatic heterocycles. The van der Waals surface area contributed by atoms with Crippen molar-refractivity contribution in [3.63, 3.8) is 0 Å². The van der Waals surface area contributed by atoms with Gasteiger partial charge in [-0.05, 0) is 5.56 Å². The molecule has 8 heteroatoms. The first-order chi connectivity index (χ1) is 10.3. The number of amides is 1. The van der Waals surface area contributed by atoms with Gasteiger partial charge in [-0.15, -0.1) is 0 Å². The highest BCUT2D eigenvalue weighted by Gasteiger charge is 2.33. The summed E-state index contributed by atoms with van der Waals surface area (Å²) in [5.41, 5.74) is 6.38. The molecule has 0 unspecified atom stereocenters. The average molecular weight is 326 g/mol. The third-order valence-corrected chi connectivity index (χ3v) is 5.75. The predicted octanol–water partition coefficient (Wildman–Crippen LogP) is -0.363. The second-order valence-electron chi connectivity index (χ2n) is 5.44. The summed E-state index contributed by atoms with van der Waals surface area (Å²) in [6, 6.07) is 8.79. The van der Waals surface area contributed by atoms with Crippen molar-refractivity contribution in [2.75, 3.05) is 40.3 Å². The molecule has 1 saturated heterocycles. The maximum Gasteiger partial charge on any atom is 0.281 e. The molecule has 1 amide bonds. The van der Waals surface area contributed by atoms with Crippen molar-refractivity contribution in [2.45, 2.75) is 6.04 Å². The van der Waals surface area contributed by atoms with E-state index in [1.54, 1.807) is 0 Å². The molecule has 0 radical (unpaired) electrons. The Morgan fingerprint density at radius 3 is 2.14 bits per heavy atom. The van der Waals surface area contributed by atoms with E-state index >= 15 is 0 Å². The van der Waals surface area contributed by atoms with E-state index in [0.717, 1.165) is 5.56 Å². The lowest BCUT2D eigenvalue weighted by molar-refractivity contribution is -0.124. The van der Waals surface area contributed by atoms with Crippen molar-refractivity contribution < 1.29 is 13.2 Å². The number of primary amides is 1. The number of benzene rings is 1. The van der Waals surface area contributed by atoms with Gasteiger partial charge >= 0.3 is 0 Å². The lowest BCUT2D eigenvalue weighted by atomic mass is 10.0. The molecule has 0 aliphatic carbocycles. The Hall–Kier alpha value is -1.48. The van der Waals surface area contributed by atoms with Crippen molar-refractivity contribution in [1.82, 2.24) is 13.5 Å². The van der Waals surface area contributed by atoms with Crippen LogP contribution in [-0.4, -0.2) is 68.1 Å². The quantitative estimate of drug-likeness (QED) is 0.800. The Morgan fingerprint density at radius 1 is 1.14 bits per heavy atom. The van der Waals surface area contributed by atoms with Crippen LogP contribution in [0.5, 0.6) is 0 Å². The van der Waals surface area contributed by atoms with Crippen LogP contribution in [0.3, 0.4) is 0 Å². The number of nitrogens with two attached hydrogens (primary N) is 1. The summed E-state index contributed by atoms with van der Waals surface area (Å²) in [4.78, 5) is 13.8. The van der Waals surface area contributed by atoms with Gasteiger partial charge in [0.25, 0.3) is 10.2 Å². The number of hydrogen-bond acceptors (Lipinski definition) is 4. The van der Waals surface area contributed by atoms with Crippen LogP contribution in [0.1, 0.15) is 11.6 Å². The molecule has 1 aliphatic rings. The fraction of sp³-hybridized carbons (Fsp3) is 0.500. The van der Waals surface area contributed by atoms with Crippen molar-refractivity contribution in [3.8, 4) is 0 Å². The van der Waals surface area contributed by atoms with E-state index in [9.17, 15) is 13.2 Å². The Balaban J connectivity index is 2.11. The maximum atomic E-state index is 12.1. The molecule has 2 N–H and O–H groups in total. The summed E-state index contributed by atoms with van der Waals surface area (Å²) >= 11 is 0. The third kappa shape index (κ3) is 3.46. The molecule has 7 nitrogen and oxygen atoms in total. The van der Waals surface area contributed by atoms with Crippen LogP contribution in [-0.2, 0) is 15.0 Å². The summed E-state index contributed by atoms with van der Waals surface area (Å²) in [5.74, 6) is -0.421. The van der Waals surface area contributed by atoms with Crippen molar-refractivity contribution in [3.05, 3.63) is 35.9 Å². The Labute approximate surface area is 131 Å². The number of rotatable bonds is 5. The molecule has 2 rings (SSSR count). The molecule has 1 atom stereocenters. The second kappa shape index (κ2) is 6.74. The molecule has 1 aromatic carbocycles. The van der Waals surface area contributed by atoms with E-state index in [1.165, 1.54) is 22.7 Å². The van der Waals surface area contributed by atoms with E-state index in [1.807, 2.05) is 35.2 Å². The molecular weight excluding hydrogens is 304 g/mol. The molecule has 1 heterocycles. The summed E-state index contributed by atoms with van der Waals surface area (Å²) in [7, 11) is -0.387. The van der Waals surface area contributed by atoms with Crippen molar-refractivity contribution >= 4 is 16.1 Å². The van der Waals surface area contributed by atoms with Gasteiger partial charge in [0, 0.05) is 40.3 Å². The van der Waals surface area contributed by atoms with Crippen LogP contribution in [0, 0.1) is 0 Å². The third-order valence-electron chi connectivity index (χ3n) is 3.81. The zero-order chi connectivity index (χ0) is 16.3. The fourth-order valence-electron chi connectivity index (χ4n) is 2.61. The fourth-order valence-corrected chi connectivity index (χ4v) is 3.70. The van der Waals surface area contributed by atoms with Crippen LogP contribution in [0.15, 0.2) is 30.3 Å². The largest absolute Gasteiger partial charge is 0.368 e. The monoisotopic (exact) mass is 326 g/mol. The summed E-state index contributed by atoms with van der Waals surface area (Å²) < 4.78 is 26.8. The van der Waals surface area contributed by atoms with Gasteiger partial charge in [0.05, 0.1) is 0 Å². The van der Waals surface area contributed by atoms with E-state index in [4.69, 9.17) is 5.73 Å². The van der Waals surface area contributed by atoms with Crippen LogP contribution in [0.2, 0.25) is 0 Å². The van der Waals surface area contributed by atoms with Gasteiger partial charge in [-0.3, -0.25) is 9.69 Å². The normalized spacial score (nSPS) is 19.2. The van der Waals surface area contributed by atoms with Gasteiger partial charge in [0.2, 0.25) is 5.91 Å². The Morgan fingerprint density at radius 2 is 1.68 bits per heavy atom. The van der Waals surface area contributed by atoms with E-state index in [0.29, 0.717) is 26.2 Å². The highest BCUT2D eigenvalue weighted by atomic mass is 32.2. The molecule has 0 spiro atoms. The summed E-state index contributed by atoms with van der Waals surface area (Å²) in [5, 5.41) is 0. The smallest absolute Gasteiger partial charge is 0.281 e. The van der Waals surface area contributed by atoms with Crippen LogP contribution >= 0.6 is 0 Å². The number of carbonyl (C=O) groups is 1. The molecule has 0 bridgehead atoms. The summed E-state index contributed by atoms with van der Waals surface area (Å²) in [6.45, 7) is 1.62. The zero-order valence-corrected chi connectivity index (χ0v) is 13.7. The van der Waals surface area contributed by atoms with Gasteiger partial charge in [0.1, 0.15) is 6.04 Å². The van der Waals surface area contributed by atoms with Gasteiger partial charge < -0.3 is 5.73 Å². The first-order valence-electron chi connectivity index (χ1n) is 7.10. The lowest BCUT2D eigenvalue weighted by Gasteiger charge is -2.38. The highest BCUT2D eigenvalue weighted by Crippen LogP contribution is 2.22. The van der Waals surface area contributed by atoms with Crippen LogP contribution < -0.4 is 5.73 Å². The minimum atomic E-state index is -3.41. The second-order valence-corrected chi connectivity index (χ2v) is 7.58. The van der Waals surface area contributed by atoms with Crippen LogP contribution in [0.4, 0.5) is 0 Å². The number of nitrogens with zero attached hydrogens (tertiary/aromatic N) is 3. The van der Waals surface area contributed by atoms with Crippen LogP contribution in [0.25, 0.3) is 0 Å². The molecule has 0 saturated carbocycles. The number of hydrogen-bond donors (Lipinski definition) is 1.